The van der Waals surface area contributed by atoms with Crippen LogP contribution in [0.2, 0.25) is 0 Å². The molecule has 28 heavy (non-hydrogen) atoms. The van der Waals surface area contributed by atoms with Crippen LogP contribution in [-0.2, 0) is 14.8 Å². The summed E-state index contributed by atoms with van der Waals surface area (Å²) in [5.41, 5.74) is 0.385. The van der Waals surface area contributed by atoms with Gasteiger partial charge in [-0.3, -0.25) is 14.6 Å². The maximum atomic E-state index is 13.0. The summed E-state index contributed by atoms with van der Waals surface area (Å²) in [6.45, 7) is 5.19. The molecule has 2 saturated heterocycles. The maximum absolute atomic E-state index is 13.0. The molecule has 0 bridgehead atoms. The molecule has 3 fully saturated rings. The maximum Gasteiger partial charge on any atom is 0.272 e. The molecule has 2 atom stereocenters. The summed E-state index contributed by atoms with van der Waals surface area (Å²) in [6, 6.07) is 5.25. The van der Waals surface area contributed by atoms with Crippen molar-refractivity contribution in [2.75, 3.05) is 26.2 Å². The fourth-order valence-electron chi connectivity index (χ4n) is 4.35. The van der Waals surface area contributed by atoms with Gasteiger partial charge < -0.3 is 10.2 Å². The number of piperidine rings is 2. The Morgan fingerprint density at radius 2 is 1.86 bits per heavy atom. The number of hydrogen-bond acceptors (Lipinski definition) is 5. The third-order valence-corrected chi connectivity index (χ3v) is 8.38. The van der Waals surface area contributed by atoms with Crippen LogP contribution in [-0.4, -0.2) is 71.9 Å². The number of amides is 2. The van der Waals surface area contributed by atoms with E-state index in [4.69, 9.17) is 0 Å². The molecule has 0 aromatic carbocycles. The molecular weight excluding hydrogens is 380 g/mol. The van der Waals surface area contributed by atoms with Crippen LogP contribution in [0, 0.1) is 11.8 Å². The van der Waals surface area contributed by atoms with Crippen LogP contribution >= 0.6 is 0 Å². The monoisotopic (exact) mass is 404 g/mol. The first kappa shape index (κ1) is 19.1. The van der Waals surface area contributed by atoms with Crippen molar-refractivity contribution in [2.24, 2.45) is 11.8 Å². The average Bonchev–Trinajstić information content (AvgIpc) is 3.14. The van der Waals surface area contributed by atoms with Crippen LogP contribution in [0.25, 0.3) is 0 Å². The molecule has 1 N–H and O–H groups in total. The first-order chi connectivity index (χ1) is 13.4. The quantitative estimate of drug-likeness (QED) is 0.709. The van der Waals surface area contributed by atoms with E-state index in [1.165, 1.54) is 6.08 Å². The SMILES string of the molecule is C=CC(=O)NC1C2CN(S(=O)(=O)C3CCN(C(=O)c4ccccn4)CC3)CC21. The Morgan fingerprint density at radius 1 is 1.18 bits per heavy atom. The highest BCUT2D eigenvalue weighted by molar-refractivity contribution is 7.89. The number of fused-ring (bicyclic) bond motifs is 1. The Hall–Kier alpha value is -2.26. The molecule has 2 unspecified atom stereocenters. The van der Waals surface area contributed by atoms with E-state index in [1.54, 1.807) is 33.6 Å². The Morgan fingerprint density at radius 3 is 2.43 bits per heavy atom. The van der Waals surface area contributed by atoms with Crippen molar-refractivity contribution in [1.82, 2.24) is 19.5 Å². The van der Waals surface area contributed by atoms with Crippen molar-refractivity contribution in [3.8, 4) is 0 Å². The molecule has 9 heteroatoms. The molecule has 1 aliphatic carbocycles. The number of sulfonamides is 1. The molecule has 1 saturated carbocycles. The highest BCUT2D eigenvalue weighted by Crippen LogP contribution is 2.47. The van der Waals surface area contributed by atoms with Crippen molar-refractivity contribution >= 4 is 21.8 Å². The summed E-state index contributed by atoms with van der Waals surface area (Å²) < 4.78 is 27.6. The van der Waals surface area contributed by atoms with Crippen LogP contribution in [0.15, 0.2) is 37.1 Å². The van der Waals surface area contributed by atoms with E-state index in [0.29, 0.717) is 44.7 Å². The summed E-state index contributed by atoms with van der Waals surface area (Å²) in [5.74, 6) is 0.0346. The van der Waals surface area contributed by atoms with E-state index >= 15 is 0 Å². The number of rotatable bonds is 5. The number of aromatic nitrogens is 1. The number of hydrogen-bond donors (Lipinski definition) is 1. The second-order valence-corrected chi connectivity index (χ2v) is 9.85. The molecule has 1 aromatic rings. The van der Waals surface area contributed by atoms with Gasteiger partial charge in [-0.05, 0) is 42.9 Å². The normalized spacial score (nSPS) is 27.9. The van der Waals surface area contributed by atoms with Gasteiger partial charge >= 0.3 is 0 Å². The molecule has 0 radical (unpaired) electrons. The lowest BCUT2D eigenvalue weighted by molar-refractivity contribution is -0.116. The third-order valence-electron chi connectivity index (χ3n) is 6.05. The standard InChI is InChI=1S/C19H24N4O4S/c1-2-17(24)21-18-14-11-23(12-15(14)18)28(26,27)13-6-9-22(10-7-13)19(25)16-5-3-4-8-20-16/h2-5,8,13-15,18H,1,6-7,9-12H2,(H,21,24). The smallest absolute Gasteiger partial charge is 0.272 e. The van der Waals surface area contributed by atoms with Gasteiger partial charge in [0.05, 0.1) is 5.25 Å². The van der Waals surface area contributed by atoms with Crippen molar-refractivity contribution < 1.29 is 18.0 Å². The summed E-state index contributed by atoms with van der Waals surface area (Å²) >= 11 is 0. The molecule has 150 valence electrons. The van der Waals surface area contributed by atoms with Crippen molar-refractivity contribution in [2.45, 2.75) is 24.1 Å². The minimum Gasteiger partial charge on any atom is -0.349 e. The minimum atomic E-state index is -3.39. The van der Waals surface area contributed by atoms with Gasteiger partial charge in [0.15, 0.2) is 0 Å². The lowest BCUT2D eigenvalue weighted by Crippen LogP contribution is -2.47. The predicted molar refractivity (Wildman–Crippen MR) is 103 cm³/mol. The van der Waals surface area contributed by atoms with Gasteiger partial charge in [0.2, 0.25) is 15.9 Å². The van der Waals surface area contributed by atoms with Crippen LogP contribution in [0.1, 0.15) is 23.3 Å². The molecule has 3 heterocycles. The Balaban J connectivity index is 1.31. The van der Waals surface area contributed by atoms with E-state index in [0.717, 1.165) is 0 Å². The van der Waals surface area contributed by atoms with E-state index < -0.39 is 15.3 Å². The zero-order chi connectivity index (χ0) is 19.9. The Bertz CT molecular complexity index is 868. The fraction of sp³-hybridized carbons (Fsp3) is 0.526. The van der Waals surface area contributed by atoms with Gasteiger partial charge in [0.25, 0.3) is 5.91 Å². The van der Waals surface area contributed by atoms with Crippen LogP contribution < -0.4 is 5.32 Å². The summed E-state index contributed by atoms with van der Waals surface area (Å²) in [4.78, 5) is 29.6. The highest BCUT2D eigenvalue weighted by atomic mass is 32.2. The second-order valence-electron chi connectivity index (χ2n) is 7.63. The minimum absolute atomic E-state index is 0.0646. The zero-order valence-corrected chi connectivity index (χ0v) is 16.3. The zero-order valence-electron chi connectivity index (χ0n) is 15.5. The molecule has 2 amide bonds. The number of carbonyl (C=O) groups excluding carboxylic acids is 2. The van der Waals surface area contributed by atoms with Gasteiger partial charge in [0.1, 0.15) is 5.69 Å². The highest BCUT2D eigenvalue weighted by Gasteiger charge is 2.59. The molecule has 2 aliphatic heterocycles. The number of pyridine rings is 1. The third kappa shape index (κ3) is 3.44. The fourth-order valence-corrected chi connectivity index (χ4v) is 6.34. The van der Waals surface area contributed by atoms with Gasteiger partial charge in [-0.2, -0.15) is 0 Å². The van der Waals surface area contributed by atoms with Gasteiger partial charge in [-0.15, -0.1) is 0 Å². The molecule has 1 aromatic heterocycles. The first-order valence-electron chi connectivity index (χ1n) is 9.54. The molecule has 8 nitrogen and oxygen atoms in total. The first-order valence-corrected chi connectivity index (χ1v) is 11.0. The largest absolute Gasteiger partial charge is 0.349 e. The van der Waals surface area contributed by atoms with Crippen molar-refractivity contribution in [1.29, 1.82) is 0 Å². The molecule has 4 rings (SSSR count). The van der Waals surface area contributed by atoms with E-state index in [-0.39, 0.29) is 29.7 Å². The van der Waals surface area contributed by atoms with Crippen LogP contribution in [0.4, 0.5) is 0 Å². The summed E-state index contributed by atoms with van der Waals surface area (Å²) in [6.07, 6.45) is 3.68. The van der Waals surface area contributed by atoms with Gasteiger partial charge in [0, 0.05) is 38.4 Å². The number of carbonyl (C=O) groups is 2. The van der Waals surface area contributed by atoms with Gasteiger partial charge in [-0.25, -0.2) is 12.7 Å². The van der Waals surface area contributed by atoms with E-state index in [2.05, 4.69) is 16.9 Å². The predicted octanol–water partition coefficient (Wildman–Crippen LogP) is 0.248. The number of nitrogens with zero attached hydrogens (tertiary/aromatic N) is 3. The van der Waals surface area contributed by atoms with Crippen molar-refractivity contribution in [3.05, 3.63) is 42.7 Å². The summed E-state index contributed by atoms with van der Waals surface area (Å²) in [7, 11) is -3.39. The average molecular weight is 404 g/mol. The summed E-state index contributed by atoms with van der Waals surface area (Å²) in [5, 5.41) is 2.40. The molecule has 0 spiro atoms. The van der Waals surface area contributed by atoms with Gasteiger partial charge in [-0.1, -0.05) is 12.6 Å². The second kappa shape index (κ2) is 7.29. The van der Waals surface area contributed by atoms with Crippen molar-refractivity contribution in [3.63, 3.8) is 0 Å². The lowest BCUT2D eigenvalue weighted by Gasteiger charge is -2.34. The number of nitrogens with one attached hydrogen (secondary N) is 1. The topological polar surface area (TPSA) is 99.7 Å². The number of likely N-dealkylation sites (tertiary alicyclic amines) is 1. The molecular formula is C19H24N4O4S. The Kier molecular flexibility index (Phi) is 4.96. The van der Waals surface area contributed by atoms with E-state index in [9.17, 15) is 18.0 Å². The van der Waals surface area contributed by atoms with E-state index in [1.807, 2.05) is 0 Å². The van der Waals surface area contributed by atoms with Crippen LogP contribution in [0.3, 0.4) is 0 Å². The van der Waals surface area contributed by atoms with Crippen LogP contribution in [0.5, 0.6) is 0 Å². The Labute approximate surface area is 164 Å². The molecule has 3 aliphatic rings. The lowest BCUT2D eigenvalue weighted by atomic mass is 10.1.